The quantitative estimate of drug-likeness (QED) is 0.488. The summed E-state index contributed by atoms with van der Waals surface area (Å²) >= 11 is 3.22. The first-order chi connectivity index (χ1) is 9.36. The van der Waals surface area contributed by atoms with Gasteiger partial charge in [-0.1, -0.05) is 35.0 Å². The molecule has 0 fully saturated rings. The maximum atomic E-state index is 12.0. The van der Waals surface area contributed by atoms with Crippen LogP contribution in [0.3, 0.4) is 0 Å². The monoisotopic (exact) mass is 342 g/mol. The van der Waals surface area contributed by atoms with Gasteiger partial charge in [-0.05, 0) is 31.0 Å². The lowest BCUT2D eigenvalue weighted by Gasteiger charge is -2.17. The number of ether oxygens (including phenoxy) is 1. The van der Waals surface area contributed by atoms with Crippen molar-refractivity contribution in [1.82, 2.24) is 0 Å². The summed E-state index contributed by atoms with van der Waals surface area (Å²) in [5.41, 5.74) is 0.292. The number of hydrogen-bond acceptors (Lipinski definition) is 4. The predicted molar refractivity (Wildman–Crippen MR) is 75.4 cm³/mol. The van der Waals surface area contributed by atoms with Crippen molar-refractivity contribution in [2.24, 2.45) is 0 Å². The molecule has 0 saturated carbocycles. The summed E-state index contributed by atoms with van der Waals surface area (Å²) in [6.45, 7) is 3.51. The zero-order valence-corrected chi connectivity index (χ0v) is 12.7. The highest BCUT2D eigenvalue weighted by molar-refractivity contribution is 9.10. The Morgan fingerprint density at radius 2 is 2.00 bits per heavy atom. The van der Waals surface area contributed by atoms with Crippen LogP contribution in [0.2, 0.25) is 0 Å². The average Bonchev–Trinajstić information content (AvgIpc) is 2.38. The summed E-state index contributed by atoms with van der Waals surface area (Å²) in [6, 6.07) is 6.39. The van der Waals surface area contributed by atoms with E-state index in [1.165, 1.54) is 12.1 Å². The Kier molecular flexibility index (Phi) is 5.88. The molecule has 0 heterocycles. The van der Waals surface area contributed by atoms with Gasteiger partial charge in [0.15, 0.2) is 5.92 Å². The number of benzene rings is 1. The zero-order chi connectivity index (χ0) is 15.3. The Labute approximate surface area is 125 Å². The fraction of sp³-hybridized carbons (Fsp3) is 0.357. The van der Waals surface area contributed by atoms with E-state index in [4.69, 9.17) is 9.84 Å². The first kappa shape index (κ1) is 16.4. The molecular weight excluding hydrogens is 328 g/mol. The van der Waals surface area contributed by atoms with Gasteiger partial charge in [0.1, 0.15) is 0 Å². The SMILES string of the molecule is CCC(C)OC(=O)C(C(=O)C(=O)O)c1cccc(Br)c1. The van der Waals surface area contributed by atoms with E-state index in [2.05, 4.69) is 15.9 Å². The average molecular weight is 343 g/mol. The summed E-state index contributed by atoms with van der Waals surface area (Å²) in [5.74, 6) is -5.14. The van der Waals surface area contributed by atoms with Crippen LogP contribution >= 0.6 is 15.9 Å². The first-order valence-corrected chi connectivity index (χ1v) is 6.89. The van der Waals surface area contributed by atoms with Crippen molar-refractivity contribution in [3.8, 4) is 0 Å². The summed E-state index contributed by atoms with van der Waals surface area (Å²) < 4.78 is 5.74. The number of rotatable bonds is 6. The lowest BCUT2D eigenvalue weighted by molar-refractivity contribution is -0.158. The second-order valence-corrected chi connectivity index (χ2v) is 5.23. The van der Waals surface area contributed by atoms with Gasteiger partial charge in [0.2, 0.25) is 0 Å². The van der Waals surface area contributed by atoms with Gasteiger partial charge in [-0.2, -0.15) is 0 Å². The molecule has 2 unspecified atom stereocenters. The van der Waals surface area contributed by atoms with Crippen LogP contribution in [-0.4, -0.2) is 28.9 Å². The lowest BCUT2D eigenvalue weighted by Crippen LogP contribution is -2.31. The molecule has 6 heteroatoms. The van der Waals surface area contributed by atoms with Crippen LogP contribution in [0, 0.1) is 0 Å². The highest BCUT2D eigenvalue weighted by atomic mass is 79.9. The molecule has 20 heavy (non-hydrogen) atoms. The fourth-order valence-corrected chi connectivity index (χ4v) is 1.97. The minimum Gasteiger partial charge on any atom is -0.475 e. The van der Waals surface area contributed by atoms with Crippen molar-refractivity contribution < 1.29 is 24.2 Å². The molecule has 0 aliphatic carbocycles. The second kappa shape index (κ2) is 7.19. The topological polar surface area (TPSA) is 80.7 Å². The van der Waals surface area contributed by atoms with Crippen molar-refractivity contribution in [2.75, 3.05) is 0 Å². The molecular formula is C14H15BrO5. The number of carbonyl (C=O) groups is 3. The van der Waals surface area contributed by atoms with Crippen molar-refractivity contribution >= 4 is 33.7 Å². The van der Waals surface area contributed by atoms with Crippen molar-refractivity contribution in [2.45, 2.75) is 32.3 Å². The maximum Gasteiger partial charge on any atom is 0.373 e. The number of halogens is 1. The highest BCUT2D eigenvalue weighted by Crippen LogP contribution is 2.23. The number of carboxylic acids is 1. The third-order valence-electron chi connectivity index (χ3n) is 2.78. The molecule has 2 atom stereocenters. The minimum absolute atomic E-state index is 0.292. The van der Waals surface area contributed by atoms with Crippen LogP contribution in [0.5, 0.6) is 0 Å². The molecule has 1 aromatic rings. The third kappa shape index (κ3) is 4.16. The Hall–Kier alpha value is -1.69. The summed E-state index contributed by atoms with van der Waals surface area (Å²) in [5, 5.41) is 8.85. The number of ketones is 1. The van der Waals surface area contributed by atoms with E-state index in [-0.39, 0.29) is 6.10 Å². The molecule has 1 N–H and O–H groups in total. The summed E-state index contributed by atoms with van der Waals surface area (Å²) in [7, 11) is 0. The molecule has 5 nitrogen and oxygen atoms in total. The van der Waals surface area contributed by atoms with Gasteiger partial charge in [-0.25, -0.2) is 4.79 Å². The fourth-order valence-electron chi connectivity index (χ4n) is 1.55. The Balaban J connectivity index is 3.12. The molecule has 1 aromatic carbocycles. The number of esters is 1. The molecule has 108 valence electrons. The molecule has 0 bridgehead atoms. The number of carboxylic acid groups (broad SMARTS) is 1. The van der Waals surface area contributed by atoms with Crippen LogP contribution in [0.15, 0.2) is 28.7 Å². The van der Waals surface area contributed by atoms with E-state index in [0.717, 1.165) is 0 Å². The van der Waals surface area contributed by atoms with Crippen LogP contribution in [0.25, 0.3) is 0 Å². The van der Waals surface area contributed by atoms with Gasteiger partial charge in [-0.15, -0.1) is 0 Å². The van der Waals surface area contributed by atoms with Crippen LogP contribution in [0.1, 0.15) is 31.7 Å². The van der Waals surface area contributed by atoms with E-state index in [0.29, 0.717) is 16.5 Å². The molecule has 0 aromatic heterocycles. The van der Waals surface area contributed by atoms with E-state index in [1.807, 2.05) is 6.92 Å². The van der Waals surface area contributed by atoms with E-state index < -0.39 is 23.6 Å². The predicted octanol–water partition coefficient (Wildman–Crippen LogP) is 2.53. The lowest BCUT2D eigenvalue weighted by atomic mass is 9.94. The van der Waals surface area contributed by atoms with E-state index in [9.17, 15) is 14.4 Å². The summed E-state index contributed by atoms with van der Waals surface area (Å²) in [6.07, 6.45) is 0.205. The van der Waals surface area contributed by atoms with Gasteiger partial charge < -0.3 is 9.84 Å². The maximum absolute atomic E-state index is 12.0. The minimum atomic E-state index is -1.66. The van der Waals surface area contributed by atoms with Gasteiger partial charge in [0.25, 0.3) is 5.78 Å². The number of carbonyl (C=O) groups excluding carboxylic acids is 2. The standard InChI is InChI=1S/C14H15BrO5/c1-3-8(2)20-14(19)11(12(16)13(17)18)9-5-4-6-10(15)7-9/h4-8,11H,3H2,1-2H3,(H,17,18). The Morgan fingerprint density at radius 1 is 1.35 bits per heavy atom. The highest BCUT2D eigenvalue weighted by Gasteiger charge is 2.35. The molecule has 0 spiro atoms. The second-order valence-electron chi connectivity index (χ2n) is 4.31. The first-order valence-electron chi connectivity index (χ1n) is 6.09. The Morgan fingerprint density at radius 3 is 2.50 bits per heavy atom. The molecule has 0 amide bonds. The van der Waals surface area contributed by atoms with Gasteiger partial charge >= 0.3 is 11.9 Å². The Bertz CT molecular complexity index is 526. The summed E-state index contributed by atoms with van der Waals surface area (Å²) in [4.78, 5) is 34.7. The molecule has 0 aliphatic heterocycles. The van der Waals surface area contributed by atoms with Crippen molar-refractivity contribution in [1.29, 1.82) is 0 Å². The van der Waals surface area contributed by atoms with Crippen molar-refractivity contribution in [3.05, 3.63) is 34.3 Å². The van der Waals surface area contributed by atoms with Crippen LogP contribution in [-0.2, 0) is 19.1 Å². The largest absolute Gasteiger partial charge is 0.475 e. The normalized spacial score (nSPS) is 13.3. The third-order valence-corrected chi connectivity index (χ3v) is 3.28. The molecule has 0 saturated heterocycles. The number of hydrogen-bond donors (Lipinski definition) is 1. The zero-order valence-electron chi connectivity index (χ0n) is 11.1. The van der Waals surface area contributed by atoms with Gasteiger partial charge in [0, 0.05) is 4.47 Å². The molecule has 0 aliphatic rings. The van der Waals surface area contributed by atoms with E-state index in [1.54, 1.807) is 19.1 Å². The molecule has 0 radical (unpaired) electrons. The number of aliphatic carboxylic acids is 1. The van der Waals surface area contributed by atoms with E-state index >= 15 is 0 Å². The van der Waals surface area contributed by atoms with Gasteiger partial charge in [-0.3, -0.25) is 9.59 Å². The van der Waals surface area contributed by atoms with Crippen LogP contribution in [0.4, 0.5) is 0 Å². The smallest absolute Gasteiger partial charge is 0.373 e. The molecule has 1 rings (SSSR count). The van der Waals surface area contributed by atoms with Gasteiger partial charge in [0.05, 0.1) is 6.10 Å². The van der Waals surface area contributed by atoms with Crippen LogP contribution < -0.4 is 0 Å². The van der Waals surface area contributed by atoms with Crippen molar-refractivity contribution in [3.63, 3.8) is 0 Å². The number of Topliss-reactive ketones (excluding diaryl/α,β-unsaturated/α-hetero) is 1.